The van der Waals surface area contributed by atoms with E-state index in [0.29, 0.717) is 5.02 Å². The summed E-state index contributed by atoms with van der Waals surface area (Å²) >= 11 is 12.1. The molecule has 0 fully saturated rings. The highest BCUT2D eigenvalue weighted by Crippen LogP contribution is 2.32. The van der Waals surface area contributed by atoms with Crippen molar-refractivity contribution >= 4 is 44.8 Å². The smallest absolute Gasteiger partial charge is 0.243 e. The molecule has 1 amide bonds. The highest BCUT2D eigenvalue weighted by atomic mass is 35.5. The number of amides is 1. The zero-order valence-electron chi connectivity index (χ0n) is 16.7. The molecule has 2 aromatic rings. The van der Waals surface area contributed by atoms with Gasteiger partial charge in [-0.25, -0.2) is 8.42 Å². The average molecular weight is 459 g/mol. The van der Waals surface area contributed by atoms with Crippen LogP contribution in [0.25, 0.3) is 0 Å². The molecule has 0 saturated heterocycles. The van der Waals surface area contributed by atoms with Crippen molar-refractivity contribution in [2.24, 2.45) is 0 Å². The molecule has 0 aliphatic carbocycles. The molecule has 1 atom stereocenters. The molecule has 158 valence electrons. The minimum absolute atomic E-state index is 0.149. The number of ether oxygens (including phenoxy) is 1. The molecule has 1 unspecified atom stereocenters. The van der Waals surface area contributed by atoms with Gasteiger partial charge in [0.25, 0.3) is 0 Å². The van der Waals surface area contributed by atoms with Crippen LogP contribution in [0.5, 0.6) is 5.75 Å². The fourth-order valence-electron chi connectivity index (χ4n) is 2.80. The van der Waals surface area contributed by atoms with E-state index in [0.717, 1.165) is 27.4 Å². The lowest BCUT2D eigenvalue weighted by Crippen LogP contribution is -2.48. The molecule has 0 aliphatic heterocycles. The van der Waals surface area contributed by atoms with Crippen molar-refractivity contribution in [3.8, 4) is 5.75 Å². The summed E-state index contributed by atoms with van der Waals surface area (Å²) < 4.78 is 31.4. The standard InChI is InChI=1S/C20H24Cl2N2O4S/c1-13-6-5-7-19(14(13)2)28-11-10-23-20(25)15(3)24(29(4,26)27)18-12-16(21)8-9-17(18)22/h5-9,12,15H,10-11H2,1-4H3,(H,23,25). The van der Waals surface area contributed by atoms with E-state index in [1.807, 2.05) is 32.0 Å². The van der Waals surface area contributed by atoms with Crippen LogP contribution in [0.2, 0.25) is 10.0 Å². The van der Waals surface area contributed by atoms with Crippen molar-refractivity contribution in [2.45, 2.75) is 26.8 Å². The van der Waals surface area contributed by atoms with E-state index >= 15 is 0 Å². The van der Waals surface area contributed by atoms with E-state index < -0.39 is 22.0 Å². The van der Waals surface area contributed by atoms with E-state index in [1.54, 1.807) is 6.07 Å². The number of benzene rings is 2. The van der Waals surface area contributed by atoms with Gasteiger partial charge in [-0.3, -0.25) is 9.10 Å². The van der Waals surface area contributed by atoms with Crippen LogP contribution in [0.4, 0.5) is 5.69 Å². The SMILES string of the molecule is Cc1cccc(OCCNC(=O)C(C)N(c2cc(Cl)ccc2Cl)S(C)(=O)=O)c1C. The van der Waals surface area contributed by atoms with Crippen molar-refractivity contribution < 1.29 is 17.9 Å². The predicted molar refractivity (Wildman–Crippen MR) is 118 cm³/mol. The van der Waals surface area contributed by atoms with Gasteiger partial charge in [-0.15, -0.1) is 0 Å². The number of rotatable bonds is 8. The van der Waals surface area contributed by atoms with Gasteiger partial charge in [-0.1, -0.05) is 35.3 Å². The van der Waals surface area contributed by atoms with E-state index in [1.165, 1.54) is 19.1 Å². The summed E-state index contributed by atoms with van der Waals surface area (Å²) in [5, 5.41) is 3.19. The Morgan fingerprint density at radius 1 is 1.21 bits per heavy atom. The summed E-state index contributed by atoms with van der Waals surface area (Å²) in [6.45, 7) is 5.91. The fraction of sp³-hybridized carbons (Fsp3) is 0.350. The fourth-order valence-corrected chi connectivity index (χ4v) is 4.40. The molecule has 0 aliphatic rings. The molecule has 2 rings (SSSR count). The first-order chi connectivity index (χ1) is 13.5. The summed E-state index contributed by atoms with van der Waals surface area (Å²) in [4.78, 5) is 12.6. The molecule has 0 aromatic heterocycles. The van der Waals surface area contributed by atoms with Crippen LogP contribution in [0.15, 0.2) is 36.4 Å². The molecular formula is C20H24Cl2N2O4S. The molecule has 2 aromatic carbocycles. The van der Waals surface area contributed by atoms with Gasteiger partial charge in [-0.05, 0) is 56.2 Å². The number of sulfonamides is 1. The van der Waals surface area contributed by atoms with Gasteiger partial charge in [-0.2, -0.15) is 0 Å². The highest BCUT2D eigenvalue weighted by Gasteiger charge is 2.30. The third kappa shape index (κ3) is 6.01. The van der Waals surface area contributed by atoms with Crippen LogP contribution in [0.3, 0.4) is 0 Å². The Morgan fingerprint density at radius 3 is 2.55 bits per heavy atom. The normalized spacial score (nSPS) is 12.3. The van der Waals surface area contributed by atoms with Crippen molar-refractivity contribution in [3.63, 3.8) is 0 Å². The molecule has 0 bridgehead atoms. The molecule has 9 heteroatoms. The summed E-state index contributed by atoms with van der Waals surface area (Å²) in [5.41, 5.74) is 2.30. The summed E-state index contributed by atoms with van der Waals surface area (Å²) in [6, 6.07) is 9.17. The van der Waals surface area contributed by atoms with Gasteiger partial charge >= 0.3 is 0 Å². The van der Waals surface area contributed by atoms with Gasteiger partial charge in [0.05, 0.1) is 23.5 Å². The third-order valence-electron chi connectivity index (χ3n) is 4.45. The Morgan fingerprint density at radius 2 is 1.90 bits per heavy atom. The second-order valence-corrected chi connectivity index (χ2v) is 9.37. The average Bonchev–Trinajstić information content (AvgIpc) is 2.63. The molecule has 1 N–H and O–H groups in total. The van der Waals surface area contributed by atoms with Crippen LogP contribution in [0, 0.1) is 13.8 Å². The Labute approximate surface area is 181 Å². The number of nitrogens with zero attached hydrogens (tertiary/aromatic N) is 1. The Hall–Kier alpha value is -1.96. The Balaban J connectivity index is 2.06. The zero-order valence-corrected chi connectivity index (χ0v) is 19.0. The van der Waals surface area contributed by atoms with Crippen LogP contribution < -0.4 is 14.4 Å². The second kappa shape index (κ2) is 9.69. The van der Waals surface area contributed by atoms with E-state index in [4.69, 9.17) is 27.9 Å². The maximum absolute atomic E-state index is 12.6. The van der Waals surface area contributed by atoms with Gasteiger partial charge in [0, 0.05) is 5.02 Å². The summed E-state index contributed by atoms with van der Waals surface area (Å²) in [5.74, 6) is 0.270. The number of carbonyl (C=O) groups excluding carboxylic acids is 1. The number of halogens is 2. The van der Waals surface area contributed by atoms with Gasteiger partial charge in [0.2, 0.25) is 15.9 Å². The lowest BCUT2D eigenvalue weighted by Gasteiger charge is -2.29. The first-order valence-corrected chi connectivity index (χ1v) is 11.5. The van der Waals surface area contributed by atoms with Crippen molar-refractivity contribution in [1.29, 1.82) is 0 Å². The Bertz CT molecular complexity index is 996. The lowest BCUT2D eigenvalue weighted by atomic mass is 10.1. The monoisotopic (exact) mass is 458 g/mol. The molecule has 6 nitrogen and oxygen atoms in total. The first-order valence-electron chi connectivity index (χ1n) is 8.93. The summed E-state index contributed by atoms with van der Waals surface area (Å²) in [7, 11) is -3.79. The number of nitrogens with one attached hydrogen (secondary N) is 1. The number of carbonyl (C=O) groups is 1. The predicted octanol–water partition coefficient (Wildman–Crippen LogP) is 3.96. The molecule has 29 heavy (non-hydrogen) atoms. The van der Waals surface area contributed by atoms with Crippen molar-refractivity contribution in [3.05, 3.63) is 57.6 Å². The zero-order chi connectivity index (χ0) is 21.8. The van der Waals surface area contributed by atoms with Crippen LogP contribution >= 0.6 is 23.2 Å². The third-order valence-corrected chi connectivity index (χ3v) is 6.23. The number of hydrogen-bond acceptors (Lipinski definition) is 4. The highest BCUT2D eigenvalue weighted by molar-refractivity contribution is 7.92. The van der Waals surface area contributed by atoms with Gasteiger partial charge < -0.3 is 10.1 Å². The Kier molecular flexibility index (Phi) is 7.80. The van der Waals surface area contributed by atoms with Crippen LogP contribution in [0.1, 0.15) is 18.1 Å². The molecule has 0 heterocycles. The van der Waals surface area contributed by atoms with Crippen LogP contribution in [-0.4, -0.2) is 39.8 Å². The van der Waals surface area contributed by atoms with Gasteiger partial charge in [0.15, 0.2) is 0 Å². The largest absolute Gasteiger partial charge is 0.491 e. The van der Waals surface area contributed by atoms with E-state index in [2.05, 4.69) is 5.32 Å². The van der Waals surface area contributed by atoms with Gasteiger partial charge in [0.1, 0.15) is 18.4 Å². The maximum Gasteiger partial charge on any atom is 0.243 e. The molecule has 0 spiro atoms. The topological polar surface area (TPSA) is 75.7 Å². The maximum atomic E-state index is 12.6. The van der Waals surface area contributed by atoms with Crippen molar-refractivity contribution in [1.82, 2.24) is 5.32 Å². The minimum atomic E-state index is -3.79. The van der Waals surface area contributed by atoms with Crippen LogP contribution in [-0.2, 0) is 14.8 Å². The molecule has 0 radical (unpaired) electrons. The molecular weight excluding hydrogens is 435 g/mol. The van der Waals surface area contributed by atoms with E-state index in [9.17, 15) is 13.2 Å². The second-order valence-electron chi connectivity index (χ2n) is 6.67. The van der Waals surface area contributed by atoms with Crippen molar-refractivity contribution in [2.75, 3.05) is 23.7 Å². The number of hydrogen-bond donors (Lipinski definition) is 1. The number of aryl methyl sites for hydroxylation is 1. The summed E-state index contributed by atoms with van der Waals surface area (Å²) in [6.07, 6.45) is 1.01. The first kappa shape index (κ1) is 23.3. The molecule has 0 saturated carbocycles. The minimum Gasteiger partial charge on any atom is -0.491 e. The lowest BCUT2D eigenvalue weighted by molar-refractivity contribution is -0.121. The number of anilines is 1. The van der Waals surface area contributed by atoms with E-state index in [-0.39, 0.29) is 23.9 Å². The quantitative estimate of drug-likeness (QED) is 0.607.